The van der Waals surface area contributed by atoms with Crippen LogP contribution >= 0.6 is 0 Å². The lowest BCUT2D eigenvalue weighted by atomic mass is 10.5. The van der Waals surface area contributed by atoms with Gasteiger partial charge in [0.2, 0.25) is 0 Å². The van der Waals surface area contributed by atoms with Crippen molar-refractivity contribution in [1.82, 2.24) is 19.8 Å². The lowest BCUT2D eigenvalue weighted by Gasteiger charge is -2.15. The summed E-state index contributed by atoms with van der Waals surface area (Å²) in [6.07, 6.45) is 7.33. The van der Waals surface area contributed by atoms with Gasteiger partial charge < -0.3 is 10.2 Å². The Bertz CT molecular complexity index is 318. The SMILES string of the molecule is CN(CCNC(=O)n1ccnc1)C1CC1. The van der Waals surface area contributed by atoms with Gasteiger partial charge in [0.25, 0.3) is 0 Å². The van der Waals surface area contributed by atoms with Crippen molar-refractivity contribution < 1.29 is 4.79 Å². The van der Waals surface area contributed by atoms with E-state index in [0.717, 1.165) is 12.6 Å². The summed E-state index contributed by atoms with van der Waals surface area (Å²) in [5, 5.41) is 2.84. The van der Waals surface area contributed by atoms with Crippen molar-refractivity contribution in [2.75, 3.05) is 20.1 Å². The Morgan fingerprint density at radius 2 is 2.47 bits per heavy atom. The highest BCUT2D eigenvalue weighted by Gasteiger charge is 2.25. The number of amides is 1. The predicted molar refractivity (Wildman–Crippen MR) is 56.7 cm³/mol. The van der Waals surface area contributed by atoms with E-state index in [2.05, 4.69) is 22.2 Å². The van der Waals surface area contributed by atoms with Crippen LogP contribution in [0.15, 0.2) is 18.7 Å². The Hall–Kier alpha value is -1.36. The van der Waals surface area contributed by atoms with Crippen molar-refractivity contribution in [2.24, 2.45) is 0 Å². The fourth-order valence-corrected chi connectivity index (χ4v) is 1.51. The van der Waals surface area contributed by atoms with Crippen LogP contribution in [0.1, 0.15) is 12.8 Å². The number of likely N-dealkylation sites (N-methyl/N-ethyl adjacent to an activating group) is 1. The molecule has 1 saturated carbocycles. The van der Waals surface area contributed by atoms with Gasteiger partial charge in [0.05, 0.1) is 0 Å². The molecule has 1 amide bonds. The zero-order chi connectivity index (χ0) is 10.7. The van der Waals surface area contributed by atoms with E-state index < -0.39 is 0 Å². The Labute approximate surface area is 89.1 Å². The Kier molecular flexibility index (Phi) is 3.01. The molecule has 1 aromatic heterocycles. The maximum atomic E-state index is 11.5. The number of hydrogen-bond donors (Lipinski definition) is 1. The van der Waals surface area contributed by atoms with Crippen molar-refractivity contribution >= 4 is 6.03 Å². The molecule has 82 valence electrons. The van der Waals surface area contributed by atoms with Crippen molar-refractivity contribution in [3.05, 3.63) is 18.7 Å². The zero-order valence-corrected chi connectivity index (χ0v) is 8.89. The number of rotatable bonds is 4. The van der Waals surface area contributed by atoms with E-state index in [4.69, 9.17) is 0 Å². The highest BCUT2D eigenvalue weighted by molar-refractivity contribution is 5.76. The highest BCUT2D eigenvalue weighted by atomic mass is 16.2. The summed E-state index contributed by atoms with van der Waals surface area (Å²) in [6, 6.07) is 0.631. The van der Waals surface area contributed by atoms with Gasteiger partial charge in [-0.2, -0.15) is 0 Å². The molecule has 1 N–H and O–H groups in total. The number of carbonyl (C=O) groups excluding carboxylic acids is 1. The monoisotopic (exact) mass is 208 g/mol. The van der Waals surface area contributed by atoms with E-state index >= 15 is 0 Å². The summed E-state index contributed by atoms with van der Waals surface area (Å²) >= 11 is 0. The van der Waals surface area contributed by atoms with Gasteiger partial charge in [0.1, 0.15) is 6.33 Å². The quantitative estimate of drug-likeness (QED) is 0.785. The van der Waals surface area contributed by atoms with Crippen molar-refractivity contribution in [3.63, 3.8) is 0 Å². The third kappa shape index (κ3) is 2.79. The Morgan fingerprint density at radius 3 is 3.07 bits per heavy atom. The molecule has 0 spiro atoms. The second kappa shape index (κ2) is 4.44. The highest BCUT2D eigenvalue weighted by Crippen LogP contribution is 2.24. The minimum atomic E-state index is -0.114. The first-order valence-electron chi connectivity index (χ1n) is 5.24. The third-order valence-electron chi connectivity index (χ3n) is 2.65. The van der Waals surface area contributed by atoms with Crippen molar-refractivity contribution in [1.29, 1.82) is 0 Å². The topological polar surface area (TPSA) is 50.2 Å². The van der Waals surface area contributed by atoms with Gasteiger partial charge >= 0.3 is 6.03 Å². The molecule has 1 aliphatic carbocycles. The molecule has 1 fully saturated rings. The lowest BCUT2D eigenvalue weighted by molar-refractivity contribution is 0.239. The van der Waals surface area contributed by atoms with Crippen LogP contribution in [0.5, 0.6) is 0 Å². The van der Waals surface area contributed by atoms with E-state index in [1.54, 1.807) is 12.4 Å². The summed E-state index contributed by atoms with van der Waals surface area (Å²) in [4.78, 5) is 17.6. The number of nitrogens with one attached hydrogen (secondary N) is 1. The van der Waals surface area contributed by atoms with Crippen LogP contribution in [0.3, 0.4) is 0 Å². The second-order valence-corrected chi connectivity index (χ2v) is 3.91. The minimum Gasteiger partial charge on any atom is -0.336 e. The average Bonchev–Trinajstić information content (AvgIpc) is 2.93. The zero-order valence-electron chi connectivity index (χ0n) is 8.89. The maximum Gasteiger partial charge on any atom is 0.326 e. The number of carbonyl (C=O) groups is 1. The maximum absolute atomic E-state index is 11.5. The van der Waals surface area contributed by atoms with E-state index in [-0.39, 0.29) is 6.03 Å². The first-order chi connectivity index (χ1) is 7.27. The molecule has 0 unspecified atom stereocenters. The van der Waals surface area contributed by atoms with Gasteiger partial charge in [0.15, 0.2) is 0 Å². The molecule has 0 aromatic carbocycles. The number of imidazole rings is 1. The Morgan fingerprint density at radius 1 is 1.67 bits per heavy atom. The van der Waals surface area contributed by atoms with Crippen LogP contribution < -0.4 is 5.32 Å². The minimum absolute atomic E-state index is 0.114. The molecule has 5 heteroatoms. The van der Waals surface area contributed by atoms with Crippen LogP contribution in [0.2, 0.25) is 0 Å². The average molecular weight is 208 g/mol. The molecule has 0 radical (unpaired) electrons. The van der Waals surface area contributed by atoms with Crippen molar-refractivity contribution in [2.45, 2.75) is 18.9 Å². The van der Waals surface area contributed by atoms with Crippen LogP contribution in [-0.4, -0.2) is 46.7 Å². The van der Waals surface area contributed by atoms with Crippen LogP contribution in [-0.2, 0) is 0 Å². The van der Waals surface area contributed by atoms with Gasteiger partial charge in [0, 0.05) is 31.5 Å². The molecular weight excluding hydrogens is 192 g/mol. The fourth-order valence-electron chi connectivity index (χ4n) is 1.51. The van der Waals surface area contributed by atoms with E-state index in [0.29, 0.717) is 6.54 Å². The van der Waals surface area contributed by atoms with Crippen LogP contribution in [0.4, 0.5) is 4.79 Å². The molecule has 0 saturated heterocycles. The smallest absolute Gasteiger partial charge is 0.326 e. The molecule has 2 rings (SSSR count). The number of aromatic nitrogens is 2. The summed E-state index contributed by atoms with van der Waals surface area (Å²) in [7, 11) is 2.10. The summed E-state index contributed by atoms with van der Waals surface area (Å²) < 4.78 is 1.44. The number of nitrogens with zero attached hydrogens (tertiary/aromatic N) is 3. The second-order valence-electron chi connectivity index (χ2n) is 3.91. The largest absolute Gasteiger partial charge is 0.336 e. The molecule has 0 bridgehead atoms. The Balaban J connectivity index is 1.67. The molecular formula is C10H16N4O. The first-order valence-corrected chi connectivity index (χ1v) is 5.24. The van der Waals surface area contributed by atoms with Gasteiger partial charge in [-0.1, -0.05) is 0 Å². The van der Waals surface area contributed by atoms with Gasteiger partial charge in [-0.05, 0) is 19.9 Å². The predicted octanol–water partition coefficient (Wildman–Crippen LogP) is 0.535. The fraction of sp³-hybridized carbons (Fsp3) is 0.600. The molecule has 5 nitrogen and oxygen atoms in total. The van der Waals surface area contributed by atoms with Crippen molar-refractivity contribution in [3.8, 4) is 0 Å². The van der Waals surface area contributed by atoms with Gasteiger partial charge in [-0.3, -0.25) is 4.57 Å². The van der Waals surface area contributed by atoms with E-state index in [9.17, 15) is 4.79 Å². The molecule has 1 heterocycles. The standard InChI is InChI=1S/C10H16N4O/c1-13(9-2-3-9)6-5-12-10(15)14-7-4-11-8-14/h4,7-9H,2-3,5-6H2,1H3,(H,12,15). The normalized spacial score (nSPS) is 15.6. The van der Waals surface area contributed by atoms with Crippen LogP contribution in [0.25, 0.3) is 0 Å². The molecule has 1 aliphatic rings. The molecule has 15 heavy (non-hydrogen) atoms. The van der Waals surface area contributed by atoms with Crippen LogP contribution in [0, 0.1) is 0 Å². The van der Waals surface area contributed by atoms with E-state index in [1.165, 1.54) is 23.7 Å². The lowest BCUT2D eigenvalue weighted by Crippen LogP contribution is -2.35. The first kappa shape index (κ1) is 10.2. The van der Waals surface area contributed by atoms with E-state index in [1.807, 2.05) is 0 Å². The van der Waals surface area contributed by atoms with Gasteiger partial charge in [-0.25, -0.2) is 9.78 Å². The third-order valence-corrected chi connectivity index (χ3v) is 2.65. The summed E-state index contributed by atoms with van der Waals surface area (Å²) in [6.45, 7) is 1.59. The molecule has 1 aromatic rings. The molecule has 0 aliphatic heterocycles. The van der Waals surface area contributed by atoms with Gasteiger partial charge in [-0.15, -0.1) is 0 Å². The summed E-state index contributed by atoms with van der Waals surface area (Å²) in [5.74, 6) is 0. The summed E-state index contributed by atoms with van der Waals surface area (Å²) in [5.41, 5.74) is 0. The number of hydrogen-bond acceptors (Lipinski definition) is 3. The molecule has 0 atom stereocenters.